The zero-order valence-corrected chi connectivity index (χ0v) is 10.9. The predicted octanol–water partition coefficient (Wildman–Crippen LogP) is 2.02. The van der Waals surface area contributed by atoms with Gasteiger partial charge in [-0.3, -0.25) is 0 Å². The number of nitrogen functional groups attached to an aromatic ring is 1. The molecule has 0 saturated heterocycles. The Balaban J connectivity index is 2.19. The highest BCUT2D eigenvalue weighted by molar-refractivity contribution is 5.61. The van der Waals surface area contributed by atoms with Crippen LogP contribution in [-0.2, 0) is 0 Å². The molecule has 1 aliphatic carbocycles. The van der Waals surface area contributed by atoms with Crippen LogP contribution in [-0.4, -0.2) is 31.4 Å². The average Bonchev–Trinajstić information content (AvgIpc) is 2.31. The third-order valence-corrected chi connectivity index (χ3v) is 3.55. The van der Waals surface area contributed by atoms with Crippen LogP contribution in [0.15, 0.2) is 18.2 Å². The topological polar surface area (TPSA) is 58.7 Å². The SMILES string of the molecule is COc1cc(N)cc(N(CCCO)C2CCC2)c1. The van der Waals surface area contributed by atoms with Gasteiger partial charge in [-0.25, -0.2) is 0 Å². The molecular weight excluding hydrogens is 228 g/mol. The first-order valence-electron chi connectivity index (χ1n) is 6.56. The van der Waals surface area contributed by atoms with Gasteiger partial charge in [-0.05, 0) is 31.7 Å². The summed E-state index contributed by atoms with van der Waals surface area (Å²) in [4.78, 5) is 2.35. The van der Waals surface area contributed by atoms with Crippen molar-refractivity contribution in [2.75, 3.05) is 30.9 Å². The van der Waals surface area contributed by atoms with Gasteiger partial charge < -0.3 is 20.5 Å². The smallest absolute Gasteiger partial charge is 0.122 e. The van der Waals surface area contributed by atoms with Gasteiger partial charge in [-0.1, -0.05) is 0 Å². The van der Waals surface area contributed by atoms with Crippen LogP contribution in [0.2, 0.25) is 0 Å². The molecule has 0 bridgehead atoms. The quantitative estimate of drug-likeness (QED) is 0.758. The summed E-state index contributed by atoms with van der Waals surface area (Å²) in [6.07, 6.45) is 4.53. The number of ether oxygens (including phenoxy) is 1. The Morgan fingerprint density at radius 3 is 2.72 bits per heavy atom. The fraction of sp³-hybridized carbons (Fsp3) is 0.571. The van der Waals surface area contributed by atoms with E-state index in [0.29, 0.717) is 6.04 Å². The molecule has 1 saturated carbocycles. The molecule has 1 aromatic carbocycles. The lowest BCUT2D eigenvalue weighted by atomic mass is 9.91. The molecule has 2 rings (SSSR count). The van der Waals surface area contributed by atoms with Crippen LogP contribution in [0.4, 0.5) is 11.4 Å². The number of anilines is 2. The minimum Gasteiger partial charge on any atom is -0.497 e. The average molecular weight is 250 g/mol. The maximum Gasteiger partial charge on any atom is 0.122 e. The van der Waals surface area contributed by atoms with Gasteiger partial charge >= 0.3 is 0 Å². The van der Waals surface area contributed by atoms with E-state index in [1.807, 2.05) is 18.2 Å². The number of nitrogens with two attached hydrogens (primary N) is 1. The van der Waals surface area contributed by atoms with Gasteiger partial charge in [0, 0.05) is 42.7 Å². The van der Waals surface area contributed by atoms with Crippen LogP contribution >= 0.6 is 0 Å². The molecule has 0 atom stereocenters. The molecule has 100 valence electrons. The zero-order chi connectivity index (χ0) is 13.0. The Labute approximate surface area is 108 Å². The number of methoxy groups -OCH3 is 1. The van der Waals surface area contributed by atoms with Crippen LogP contribution in [0.25, 0.3) is 0 Å². The van der Waals surface area contributed by atoms with Crippen molar-refractivity contribution in [3.05, 3.63) is 18.2 Å². The van der Waals surface area contributed by atoms with Crippen LogP contribution in [0.5, 0.6) is 5.75 Å². The first-order chi connectivity index (χ1) is 8.74. The molecule has 4 heteroatoms. The van der Waals surface area contributed by atoms with E-state index in [4.69, 9.17) is 15.6 Å². The largest absolute Gasteiger partial charge is 0.497 e. The molecule has 0 spiro atoms. The van der Waals surface area contributed by atoms with E-state index in [2.05, 4.69) is 4.90 Å². The van der Waals surface area contributed by atoms with Crippen molar-refractivity contribution in [2.45, 2.75) is 31.7 Å². The summed E-state index contributed by atoms with van der Waals surface area (Å²) < 4.78 is 5.27. The van der Waals surface area contributed by atoms with E-state index in [-0.39, 0.29) is 6.61 Å². The molecule has 0 amide bonds. The fourth-order valence-electron chi connectivity index (χ4n) is 2.35. The number of hydrogen-bond donors (Lipinski definition) is 2. The van der Waals surface area contributed by atoms with Gasteiger partial charge in [0.1, 0.15) is 5.75 Å². The summed E-state index contributed by atoms with van der Waals surface area (Å²) in [6.45, 7) is 1.09. The Bertz CT molecular complexity index is 391. The summed E-state index contributed by atoms with van der Waals surface area (Å²) in [5, 5.41) is 9.01. The number of rotatable bonds is 6. The van der Waals surface area contributed by atoms with Gasteiger partial charge in [-0.2, -0.15) is 0 Å². The Morgan fingerprint density at radius 2 is 2.17 bits per heavy atom. The summed E-state index contributed by atoms with van der Waals surface area (Å²) >= 11 is 0. The lowest BCUT2D eigenvalue weighted by molar-refractivity contribution is 0.283. The number of aliphatic hydroxyl groups excluding tert-OH is 1. The fourth-order valence-corrected chi connectivity index (χ4v) is 2.35. The Morgan fingerprint density at radius 1 is 1.39 bits per heavy atom. The molecule has 0 radical (unpaired) electrons. The zero-order valence-electron chi connectivity index (χ0n) is 10.9. The second-order valence-corrected chi connectivity index (χ2v) is 4.82. The van der Waals surface area contributed by atoms with Gasteiger partial charge in [0.2, 0.25) is 0 Å². The van der Waals surface area contributed by atoms with E-state index >= 15 is 0 Å². The third-order valence-electron chi connectivity index (χ3n) is 3.55. The predicted molar refractivity (Wildman–Crippen MR) is 74.1 cm³/mol. The number of aliphatic hydroxyl groups is 1. The maximum absolute atomic E-state index is 9.01. The monoisotopic (exact) mass is 250 g/mol. The van der Waals surface area contributed by atoms with Crippen LogP contribution in [0.3, 0.4) is 0 Å². The van der Waals surface area contributed by atoms with E-state index in [1.165, 1.54) is 19.3 Å². The third kappa shape index (κ3) is 2.88. The standard InChI is InChI=1S/C14H22N2O2/c1-18-14-9-11(15)8-13(10-14)16(6-3-7-17)12-4-2-5-12/h8-10,12,17H,2-7,15H2,1H3. The summed E-state index contributed by atoms with van der Waals surface area (Å²) in [5.74, 6) is 0.790. The lowest BCUT2D eigenvalue weighted by Crippen LogP contribution is -2.41. The first kappa shape index (κ1) is 13.0. The molecule has 1 aromatic rings. The molecule has 0 aromatic heterocycles. The van der Waals surface area contributed by atoms with Crippen molar-refractivity contribution >= 4 is 11.4 Å². The van der Waals surface area contributed by atoms with Gasteiger partial charge in [0.25, 0.3) is 0 Å². The molecule has 4 nitrogen and oxygen atoms in total. The van der Waals surface area contributed by atoms with Crippen LogP contribution in [0.1, 0.15) is 25.7 Å². The van der Waals surface area contributed by atoms with Crippen molar-refractivity contribution in [3.8, 4) is 5.75 Å². The molecule has 18 heavy (non-hydrogen) atoms. The van der Waals surface area contributed by atoms with Crippen molar-refractivity contribution in [3.63, 3.8) is 0 Å². The summed E-state index contributed by atoms with van der Waals surface area (Å²) in [7, 11) is 1.65. The van der Waals surface area contributed by atoms with Gasteiger partial charge in [0.15, 0.2) is 0 Å². The van der Waals surface area contributed by atoms with Crippen molar-refractivity contribution in [1.82, 2.24) is 0 Å². The first-order valence-corrected chi connectivity index (χ1v) is 6.56. The molecule has 0 unspecified atom stereocenters. The highest BCUT2D eigenvalue weighted by Gasteiger charge is 2.25. The van der Waals surface area contributed by atoms with Crippen molar-refractivity contribution in [1.29, 1.82) is 0 Å². The highest BCUT2D eigenvalue weighted by Crippen LogP contribution is 2.33. The maximum atomic E-state index is 9.01. The number of benzene rings is 1. The summed E-state index contributed by atoms with van der Waals surface area (Å²) in [5.41, 5.74) is 7.73. The van der Waals surface area contributed by atoms with Crippen molar-refractivity contribution < 1.29 is 9.84 Å². The minimum atomic E-state index is 0.225. The molecule has 0 heterocycles. The minimum absolute atomic E-state index is 0.225. The van der Waals surface area contributed by atoms with E-state index in [0.717, 1.165) is 30.1 Å². The van der Waals surface area contributed by atoms with E-state index in [1.54, 1.807) is 7.11 Å². The summed E-state index contributed by atoms with van der Waals surface area (Å²) in [6, 6.07) is 6.42. The molecular formula is C14H22N2O2. The second kappa shape index (κ2) is 5.96. The van der Waals surface area contributed by atoms with Gasteiger partial charge in [-0.15, -0.1) is 0 Å². The number of nitrogens with zero attached hydrogens (tertiary/aromatic N) is 1. The molecule has 1 fully saturated rings. The van der Waals surface area contributed by atoms with Crippen LogP contribution < -0.4 is 15.4 Å². The molecule has 0 aliphatic heterocycles. The molecule has 1 aliphatic rings. The second-order valence-electron chi connectivity index (χ2n) is 4.82. The van der Waals surface area contributed by atoms with E-state index in [9.17, 15) is 0 Å². The highest BCUT2D eigenvalue weighted by atomic mass is 16.5. The van der Waals surface area contributed by atoms with Gasteiger partial charge in [0.05, 0.1) is 7.11 Å². The van der Waals surface area contributed by atoms with Crippen molar-refractivity contribution in [2.24, 2.45) is 0 Å². The number of hydrogen-bond acceptors (Lipinski definition) is 4. The Hall–Kier alpha value is -1.42. The van der Waals surface area contributed by atoms with Crippen LogP contribution in [0, 0.1) is 0 Å². The normalized spacial score (nSPS) is 15.2. The van der Waals surface area contributed by atoms with E-state index < -0.39 is 0 Å². The lowest BCUT2D eigenvalue weighted by Gasteiger charge is -2.39. The molecule has 3 N–H and O–H groups in total. The Kier molecular flexibility index (Phi) is 4.31.